The molecule has 0 spiro atoms. The van der Waals surface area contributed by atoms with Gasteiger partial charge in [0, 0.05) is 23.6 Å². The highest BCUT2D eigenvalue weighted by atomic mass is 16.5. The van der Waals surface area contributed by atoms with Crippen LogP contribution in [-0.2, 0) is 16.2 Å². The van der Waals surface area contributed by atoms with E-state index in [1.54, 1.807) is 54.9 Å². The van der Waals surface area contributed by atoms with Gasteiger partial charge in [-0.3, -0.25) is 19.5 Å². The van der Waals surface area contributed by atoms with Crippen LogP contribution in [0.15, 0.2) is 103 Å². The van der Waals surface area contributed by atoms with E-state index in [9.17, 15) is 14.7 Å². The average Bonchev–Trinajstić information content (AvgIpc) is 3.19. The van der Waals surface area contributed by atoms with E-state index < -0.39 is 17.7 Å². The lowest BCUT2D eigenvalue weighted by Crippen LogP contribution is -2.29. The average molecular weight is 491 g/mol. The van der Waals surface area contributed by atoms with E-state index in [1.165, 1.54) is 4.90 Å². The Bertz CT molecular complexity index is 1480. The fourth-order valence-corrected chi connectivity index (χ4v) is 4.51. The number of nitrogens with zero attached hydrogens (tertiary/aromatic N) is 2. The van der Waals surface area contributed by atoms with Crippen molar-refractivity contribution in [2.24, 2.45) is 0 Å². The number of ether oxygens (including phenoxy) is 1. The van der Waals surface area contributed by atoms with Crippen LogP contribution in [-0.4, -0.2) is 21.8 Å². The molecule has 3 aromatic carbocycles. The lowest BCUT2D eigenvalue weighted by Gasteiger charge is -2.25. The molecule has 0 aliphatic carbocycles. The number of anilines is 1. The summed E-state index contributed by atoms with van der Waals surface area (Å²) in [7, 11) is 0. The van der Waals surface area contributed by atoms with Gasteiger partial charge in [0.05, 0.1) is 11.6 Å². The van der Waals surface area contributed by atoms with Crippen LogP contribution in [0.25, 0.3) is 5.76 Å². The molecule has 1 aromatic heterocycles. The lowest BCUT2D eigenvalue weighted by molar-refractivity contribution is -0.132. The molecule has 184 valence electrons. The molecular weight excluding hydrogens is 464 g/mol. The third-order valence-corrected chi connectivity index (χ3v) is 6.46. The van der Waals surface area contributed by atoms with Crippen molar-refractivity contribution in [1.82, 2.24) is 4.98 Å². The number of rotatable bonds is 6. The van der Waals surface area contributed by atoms with Crippen LogP contribution in [0, 0.1) is 13.8 Å². The number of benzene rings is 3. The smallest absolute Gasteiger partial charge is 0.300 e. The maximum atomic E-state index is 13.3. The lowest BCUT2D eigenvalue weighted by atomic mass is 9.95. The van der Waals surface area contributed by atoms with Crippen LogP contribution in [0.3, 0.4) is 0 Å². The van der Waals surface area contributed by atoms with Gasteiger partial charge in [-0.25, -0.2) is 0 Å². The molecule has 1 amide bonds. The minimum atomic E-state index is -0.792. The molecule has 0 bridgehead atoms. The largest absolute Gasteiger partial charge is 0.507 e. The molecule has 1 unspecified atom stereocenters. The van der Waals surface area contributed by atoms with Crippen molar-refractivity contribution in [3.8, 4) is 5.75 Å². The molecule has 6 nitrogen and oxygen atoms in total. The maximum absolute atomic E-state index is 13.3. The second kappa shape index (κ2) is 10.1. The SMILES string of the molecule is Cc1ccc(N2C(=O)C(=O)/C(=C(\O)c3ccc(OCc4ccccc4)c(C)c3)C2c2ccncc2)cc1. The Hall–Kier alpha value is -4.71. The first-order valence-corrected chi connectivity index (χ1v) is 12.0. The molecule has 1 saturated heterocycles. The molecule has 1 atom stereocenters. The number of hydrogen-bond acceptors (Lipinski definition) is 5. The second-order valence-corrected chi connectivity index (χ2v) is 9.04. The Labute approximate surface area is 215 Å². The van der Waals surface area contributed by atoms with Crippen LogP contribution in [0.2, 0.25) is 0 Å². The Balaban J connectivity index is 1.54. The highest BCUT2D eigenvalue weighted by Gasteiger charge is 2.46. The number of hydrogen-bond donors (Lipinski definition) is 1. The van der Waals surface area contributed by atoms with Gasteiger partial charge in [-0.15, -0.1) is 0 Å². The van der Waals surface area contributed by atoms with E-state index >= 15 is 0 Å². The molecule has 0 radical (unpaired) electrons. The highest BCUT2D eigenvalue weighted by molar-refractivity contribution is 6.51. The van der Waals surface area contributed by atoms with Gasteiger partial charge in [-0.05, 0) is 73.0 Å². The number of amides is 1. The zero-order valence-electron chi connectivity index (χ0n) is 20.6. The fraction of sp³-hybridized carbons (Fsp3) is 0.129. The molecule has 5 rings (SSSR count). The Morgan fingerprint density at radius 1 is 0.919 bits per heavy atom. The third-order valence-electron chi connectivity index (χ3n) is 6.46. The van der Waals surface area contributed by atoms with Crippen LogP contribution in [0.5, 0.6) is 5.75 Å². The Kier molecular flexibility index (Phi) is 6.56. The van der Waals surface area contributed by atoms with Crippen LogP contribution in [0.4, 0.5) is 5.69 Å². The number of carbonyl (C=O) groups excluding carboxylic acids is 2. The summed E-state index contributed by atoms with van der Waals surface area (Å²) in [4.78, 5) is 32.1. The van der Waals surface area contributed by atoms with E-state index in [1.807, 2.05) is 56.3 Å². The minimum absolute atomic E-state index is 0.0362. The van der Waals surface area contributed by atoms with Crippen molar-refractivity contribution >= 4 is 23.1 Å². The first-order chi connectivity index (χ1) is 17.9. The molecule has 37 heavy (non-hydrogen) atoms. The number of pyridine rings is 1. The van der Waals surface area contributed by atoms with Crippen molar-refractivity contribution in [1.29, 1.82) is 0 Å². The van der Waals surface area contributed by atoms with Crippen molar-refractivity contribution in [2.75, 3.05) is 4.90 Å². The van der Waals surface area contributed by atoms with Gasteiger partial charge in [0.25, 0.3) is 11.7 Å². The van der Waals surface area contributed by atoms with Crippen LogP contribution >= 0.6 is 0 Å². The number of aromatic nitrogens is 1. The minimum Gasteiger partial charge on any atom is -0.507 e. The predicted molar refractivity (Wildman–Crippen MR) is 142 cm³/mol. The van der Waals surface area contributed by atoms with E-state index in [0.29, 0.717) is 29.2 Å². The van der Waals surface area contributed by atoms with Gasteiger partial charge in [-0.2, -0.15) is 0 Å². The first-order valence-electron chi connectivity index (χ1n) is 12.0. The molecule has 1 fully saturated rings. The molecule has 1 aliphatic heterocycles. The highest BCUT2D eigenvalue weighted by Crippen LogP contribution is 2.42. The summed E-state index contributed by atoms with van der Waals surface area (Å²) in [6.45, 7) is 4.24. The van der Waals surface area contributed by atoms with Crippen LogP contribution < -0.4 is 9.64 Å². The Morgan fingerprint density at radius 2 is 1.62 bits per heavy atom. The van der Waals surface area contributed by atoms with Crippen LogP contribution in [0.1, 0.15) is 33.9 Å². The van der Waals surface area contributed by atoms with Gasteiger partial charge in [0.2, 0.25) is 0 Å². The molecule has 0 saturated carbocycles. The van der Waals surface area contributed by atoms with Gasteiger partial charge in [-0.1, -0.05) is 48.0 Å². The topological polar surface area (TPSA) is 79.7 Å². The summed E-state index contributed by atoms with van der Waals surface area (Å²) in [5.41, 5.74) is 4.60. The number of Topliss-reactive ketones (excluding diaryl/α,β-unsaturated/α-hetero) is 1. The van der Waals surface area contributed by atoms with E-state index in [-0.39, 0.29) is 11.3 Å². The van der Waals surface area contributed by atoms with Gasteiger partial charge >= 0.3 is 0 Å². The van der Waals surface area contributed by atoms with E-state index in [4.69, 9.17) is 4.74 Å². The molecular formula is C31H26N2O4. The van der Waals surface area contributed by atoms with Crippen molar-refractivity contribution < 1.29 is 19.4 Å². The second-order valence-electron chi connectivity index (χ2n) is 9.04. The quantitative estimate of drug-likeness (QED) is 0.207. The Morgan fingerprint density at radius 3 is 2.30 bits per heavy atom. The summed E-state index contributed by atoms with van der Waals surface area (Å²) >= 11 is 0. The van der Waals surface area contributed by atoms with Gasteiger partial charge in [0.15, 0.2) is 0 Å². The summed E-state index contributed by atoms with van der Waals surface area (Å²) in [6, 6.07) is 25.1. The monoisotopic (exact) mass is 490 g/mol. The van der Waals surface area contributed by atoms with Gasteiger partial charge < -0.3 is 9.84 Å². The molecule has 1 N–H and O–H groups in total. The molecule has 4 aromatic rings. The normalized spacial score (nSPS) is 16.7. The molecule has 1 aliphatic rings. The summed E-state index contributed by atoms with van der Waals surface area (Å²) < 4.78 is 5.96. The summed E-state index contributed by atoms with van der Waals surface area (Å²) in [5.74, 6) is -0.979. The number of aliphatic hydroxyl groups is 1. The van der Waals surface area contributed by atoms with E-state index in [2.05, 4.69) is 4.98 Å². The van der Waals surface area contributed by atoms with E-state index in [0.717, 1.165) is 16.7 Å². The first kappa shape index (κ1) is 24.0. The van der Waals surface area contributed by atoms with Crippen molar-refractivity contribution in [3.05, 3.63) is 131 Å². The summed E-state index contributed by atoms with van der Waals surface area (Å²) in [6.07, 6.45) is 3.21. The number of aryl methyl sites for hydroxylation is 2. The zero-order chi connectivity index (χ0) is 25.9. The van der Waals surface area contributed by atoms with Gasteiger partial charge in [0.1, 0.15) is 18.1 Å². The number of carbonyl (C=O) groups is 2. The maximum Gasteiger partial charge on any atom is 0.300 e. The van der Waals surface area contributed by atoms with Crippen molar-refractivity contribution in [2.45, 2.75) is 26.5 Å². The zero-order valence-corrected chi connectivity index (χ0v) is 20.6. The number of aliphatic hydroxyl groups excluding tert-OH is 1. The van der Waals surface area contributed by atoms with Crippen molar-refractivity contribution in [3.63, 3.8) is 0 Å². The standard InChI is InChI=1S/C31H26N2O4/c1-20-8-11-25(12-9-20)33-28(23-14-16-32-17-15-23)27(30(35)31(33)36)29(34)24-10-13-26(21(2)18-24)37-19-22-6-4-3-5-7-22/h3-18,28,34H,19H2,1-2H3/b29-27-. The number of ketones is 1. The molecule has 6 heteroatoms. The third kappa shape index (κ3) is 4.74. The summed E-state index contributed by atoms with van der Waals surface area (Å²) in [5, 5.41) is 11.4. The predicted octanol–water partition coefficient (Wildman–Crippen LogP) is 5.90. The molecule has 2 heterocycles. The fourth-order valence-electron chi connectivity index (χ4n) is 4.51.